The van der Waals surface area contributed by atoms with Gasteiger partial charge in [-0.1, -0.05) is 11.3 Å². The van der Waals surface area contributed by atoms with Crippen LogP contribution in [0.15, 0.2) is 6.20 Å². The van der Waals surface area contributed by atoms with Crippen molar-refractivity contribution >= 4 is 22.4 Å². The van der Waals surface area contributed by atoms with Crippen LogP contribution in [0.2, 0.25) is 0 Å². The minimum atomic E-state index is -0.935. The fourth-order valence-electron chi connectivity index (χ4n) is 1.72. The number of aromatic carboxylic acids is 1. The summed E-state index contributed by atoms with van der Waals surface area (Å²) < 4.78 is 5.45. The first-order valence-corrected chi connectivity index (χ1v) is 5.95. The van der Waals surface area contributed by atoms with Crippen molar-refractivity contribution in [3.8, 4) is 0 Å². The van der Waals surface area contributed by atoms with E-state index in [0.717, 1.165) is 24.2 Å². The Morgan fingerprint density at radius 2 is 2.50 bits per heavy atom. The number of hydrogen-bond donors (Lipinski definition) is 2. The van der Waals surface area contributed by atoms with E-state index in [9.17, 15) is 4.79 Å². The lowest BCUT2D eigenvalue weighted by Crippen LogP contribution is -2.45. The number of ether oxygens (including phenoxy) is 1. The van der Waals surface area contributed by atoms with Crippen LogP contribution in [0.1, 0.15) is 28.9 Å². The van der Waals surface area contributed by atoms with E-state index in [-0.39, 0.29) is 10.5 Å². The Bertz CT molecular complexity index is 382. The highest BCUT2D eigenvalue weighted by atomic mass is 32.1. The fourth-order valence-corrected chi connectivity index (χ4v) is 2.37. The van der Waals surface area contributed by atoms with E-state index in [1.165, 1.54) is 12.6 Å². The molecule has 1 aliphatic carbocycles. The van der Waals surface area contributed by atoms with Crippen LogP contribution in [0.4, 0.5) is 5.13 Å². The smallest absolute Gasteiger partial charge is 0.347 e. The minimum Gasteiger partial charge on any atom is -0.477 e. The van der Waals surface area contributed by atoms with Crippen molar-refractivity contribution in [2.75, 3.05) is 19.0 Å². The van der Waals surface area contributed by atoms with Gasteiger partial charge in [0.2, 0.25) is 0 Å². The Morgan fingerprint density at radius 1 is 1.75 bits per heavy atom. The first kappa shape index (κ1) is 11.3. The van der Waals surface area contributed by atoms with Crippen LogP contribution in [-0.2, 0) is 4.74 Å². The lowest BCUT2D eigenvalue weighted by molar-refractivity contribution is -0.0601. The van der Waals surface area contributed by atoms with Gasteiger partial charge in [0.1, 0.15) is 4.88 Å². The summed E-state index contributed by atoms with van der Waals surface area (Å²) in [6.07, 6.45) is 4.66. The minimum absolute atomic E-state index is 0.0743. The molecule has 0 saturated heterocycles. The predicted octanol–water partition coefficient (Wildman–Crippen LogP) is 1.82. The average molecular weight is 242 g/mol. The van der Waals surface area contributed by atoms with Crippen LogP contribution >= 0.6 is 11.3 Å². The molecule has 88 valence electrons. The second-order valence-electron chi connectivity index (χ2n) is 3.93. The van der Waals surface area contributed by atoms with Gasteiger partial charge in [-0.2, -0.15) is 0 Å². The van der Waals surface area contributed by atoms with Gasteiger partial charge in [-0.15, -0.1) is 0 Å². The first-order valence-electron chi connectivity index (χ1n) is 5.13. The van der Waals surface area contributed by atoms with Gasteiger partial charge in [0, 0.05) is 13.7 Å². The van der Waals surface area contributed by atoms with Crippen molar-refractivity contribution < 1.29 is 14.6 Å². The van der Waals surface area contributed by atoms with E-state index in [2.05, 4.69) is 10.3 Å². The molecule has 1 heterocycles. The zero-order valence-corrected chi connectivity index (χ0v) is 9.84. The number of carbonyl (C=O) groups is 1. The van der Waals surface area contributed by atoms with Gasteiger partial charge in [0.05, 0.1) is 11.8 Å². The van der Waals surface area contributed by atoms with Gasteiger partial charge >= 0.3 is 5.97 Å². The number of rotatable bonds is 5. The largest absolute Gasteiger partial charge is 0.477 e. The van der Waals surface area contributed by atoms with Gasteiger partial charge in [0.25, 0.3) is 0 Å². The molecule has 1 fully saturated rings. The molecule has 16 heavy (non-hydrogen) atoms. The molecule has 2 N–H and O–H groups in total. The molecule has 1 aliphatic rings. The van der Waals surface area contributed by atoms with Crippen molar-refractivity contribution in [1.82, 2.24) is 4.98 Å². The highest BCUT2D eigenvalue weighted by Crippen LogP contribution is 2.35. The van der Waals surface area contributed by atoms with Crippen LogP contribution in [0.25, 0.3) is 0 Å². The molecule has 1 saturated carbocycles. The number of hydrogen-bond acceptors (Lipinski definition) is 5. The van der Waals surface area contributed by atoms with Crippen LogP contribution in [0.3, 0.4) is 0 Å². The second-order valence-corrected chi connectivity index (χ2v) is 4.96. The lowest BCUT2D eigenvalue weighted by Gasteiger charge is -2.40. The van der Waals surface area contributed by atoms with Crippen LogP contribution in [0, 0.1) is 0 Å². The topological polar surface area (TPSA) is 71.5 Å². The van der Waals surface area contributed by atoms with Crippen molar-refractivity contribution in [3.05, 3.63) is 11.1 Å². The Labute approximate surface area is 97.5 Å². The summed E-state index contributed by atoms with van der Waals surface area (Å²) in [5.41, 5.74) is -0.0743. The van der Waals surface area contributed by atoms with Gasteiger partial charge < -0.3 is 15.2 Å². The summed E-state index contributed by atoms with van der Waals surface area (Å²) in [4.78, 5) is 14.9. The van der Waals surface area contributed by atoms with Gasteiger partial charge in [0.15, 0.2) is 5.13 Å². The molecule has 0 aromatic carbocycles. The third-order valence-electron chi connectivity index (χ3n) is 2.98. The molecule has 1 aromatic rings. The number of thiazole rings is 1. The number of methoxy groups -OCH3 is 1. The van der Waals surface area contributed by atoms with E-state index in [1.807, 2.05) is 0 Å². The Morgan fingerprint density at radius 3 is 2.94 bits per heavy atom. The summed E-state index contributed by atoms with van der Waals surface area (Å²) in [6.45, 7) is 0.691. The van der Waals surface area contributed by atoms with E-state index in [1.54, 1.807) is 7.11 Å². The number of carboxylic acid groups (broad SMARTS) is 1. The predicted molar refractivity (Wildman–Crippen MR) is 61.2 cm³/mol. The zero-order valence-electron chi connectivity index (χ0n) is 9.02. The Kier molecular flexibility index (Phi) is 3.11. The normalized spacial score (nSPS) is 17.8. The van der Waals surface area contributed by atoms with Gasteiger partial charge in [-0.25, -0.2) is 9.78 Å². The molecule has 0 spiro atoms. The highest BCUT2D eigenvalue weighted by molar-refractivity contribution is 7.17. The molecule has 0 atom stereocenters. The summed E-state index contributed by atoms with van der Waals surface area (Å²) in [7, 11) is 1.71. The molecule has 2 rings (SSSR count). The quantitative estimate of drug-likeness (QED) is 0.824. The first-order chi connectivity index (χ1) is 7.65. The van der Waals surface area contributed by atoms with Crippen LogP contribution in [-0.4, -0.2) is 35.3 Å². The highest BCUT2D eigenvalue weighted by Gasteiger charge is 2.36. The molecule has 0 amide bonds. The van der Waals surface area contributed by atoms with Crippen molar-refractivity contribution in [1.29, 1.82) is 0 Å². The maximum atomic E-state index is 10.7. The number of anilines is 1. The lowest BCUT2D eigenvalue weighted by atomic mass is 9.80. The van der Waals surface area contributed by atoms with Crippen molar-refractivity contribution in [2.45, 2.75) is 24.9 Å². The fraction of sp³-hybridized carbons (Fsp3) is 0.600. The molecular weight excluding hydrogens is 228 g/mol. The molecule has 0 aliphatic heterocycles. The molecule has 0 bridgehead atoms. The average Bonchev–Trinajstić information content (AvgIpc) is 2.65. The molecule has 0 unspecified atom stereocenters. The number of carboxylic acids is 1. The van der Waals surface area contributed by atoms with E-state index >= 15 is 0 Å². The van der Waals surface area contributed by atoms with Crippen molar-refractivity contribution in [2.24, 2.45) is 0 Å². The standard InChI is InChI=1S/C10H14N2O3S/c1-15-10(3-2-4-10)6-12-9-11-5-7(16-9)8(13)14/h5H,2-4,6H2,1H3,(H,11,12)(H,13,14). The zero-order chi connectivity index (χ0) is 11.6. The van der Waals surface area contributed by atoms with Gasteiger partial charge in [-0.3, -0.25) is 0 Å². The summed E-state index contributed by atoms with van der Waals surface area (Å²) in [6, 6.07) is 0. The van der Waals surface area contributed by atoms with Crippen LogP contribution < -0.4 is 5.32 Å². The molecule has 5 nitrogen and oxygen atoms in total. The van der Waals surface area contributed by atoms with Crippen molar-refractivity contribution in [3.63, 3.8) is 0 Å². The van der Waals surface area contributed by atoms with Crippen LogP contribution in [0.5, 0.6) is 0 Å². The molecule has 6 heteroatoms. The monoisotopic (exact) mass is 242 g/mol. The third-order valence-corrected chi connectivity index (χ3v) is 3.92. The Balaban J connectivity index is 1.91. The van der Waals surface area contributed by atoms with E-state index in [0.29, 0.717) is 11.7 Å². The molecule has 0 radical (unpaired) electrons. The van der Waals surface area contributed by atoms with Gasteiger partial charge in [-0.05, 0) is 19.3 Å². The number of nitrogens with zero attached hydrogens (tertiary/aromatic N) is 1. The summed E-state index contributed by atoms with van der Waals surface area (Å²) in [5, 5.41) is 12.5. The third kappa shape index (κ3) is 2.17. The maximum absolute atomic E-state index is 10.7. The summed E-state index contributed by atoms with van der Waals surface area (Å²) in [5.74, 6) is -0.935. The molecular formula is C10H14N2O3S. The maximum Gasteiger partial charge on any atom is 0.347 e. The summed E-state index contributed by atoms with van der Waals surface area (Å²) >= 11 is 1.15. The SMILES string of the molecule is COC1(CNc2ncc(C(=O)O)s2)CCC1. The Hall–Kier alpha value is -1.14. The van der Waals surface area contributed by atoms with E-state index < -0.39 is 5.97 Å². The number of nitrogens with one attached hydrogen (secondary N) is 1. The number of aromatic nitrogens is 1. The molecule has 1 aromatic heterocycles. The van der Waals surface area contributed by atoms with E-state index in [4.69, 9.17) is 9.84 Å². The second kappa shape index (κ2) is 4.39.